The lowest BCUT2D eigenvalue weighted by atomic mass is 10.1. The quantitative estimate of drug-likeness (QED) is 0.241. The van der Waals surface area contributed by atoms with Crippen molar-refractivity contribution in [1.82, 2.24) is 10.0 Å². The van der Waals surface area contributed by atoms with Gasteiger partial charge >= 0.3 is 5.97 Å². The second-order valence-corrected chi connectivity index (χ2v) is 9.44. The van der Waals surface area contributed by atoms with Gasteiger partial charge in [0, 0.05) is 25.5 Å². The highest BCUT2D eigenvalue weighted by molar-refractivity contribution is 7.90. The fourth-order valence-corrected chi connectivity index (χ4v) is 4.11. The molecule has 0 unspecified atom stereocenters. The molecule has 0 aliphatic rings. The number of benzene rings is 2. The maximum absolute atomic E-state index is 12.0. The van der Waals surface area contributed by atoms with Gasteiger partial charge in [0.2, 0.25) is 11.8 Å². The monoisotopic (exact) mass is 505 g/mol. The smallest absolute Gasteiger partial charge is 0.305 e. The Morgan fingerprint density at radius 3 is 2.26 bits per heavy atom. The summed E-state index contributed by atoms with van der Waals surface area (Å²) in [6, 6.07) is 15.4. The van der Waals surface area contributed by atoms with Crippen molar-refractivity contribution in [3.63, 3.8) is 0 Å². The molecule has 2 amide bonds. The van der Waals surface area contributed by atoms with E-state index < -0.39 is 15.9 Å². The normalized spacial score (nSPS) is 10.7. The molecule has 2 aromatic carbocycles. The molecule has 34 heavy (non-hydrogen) atoms. The van der Waals surface area contributed by atoms with Gasteiger partial charge in [0.05, 0.1) is 11.5 Å². The molecule has 0 aromatic heterocycles. The van der Waals surface area contributed by atoms with Crippen LogP contribution in [0.4, 0.5) is 5.69 Å². The Labute approximate surface area is 204 Å². The van der Waals surface area contributed by atoms with Gasteiger partial charge in [0.15, 0.2) is 5.11 Å². The van der Waals surface area contributed by atoms with E-state index in [2.05, 4.69) is 10.6 Å². The van der Waals surface area contributed by atoms with E-state index in [1.807, 2.05) is 35.1 Å². The molecule has 0 fully saturated rings. The molecule has 9 nitrogen and oxygen atoms in total. The van der Waals surface area contributed by atoms with Crippen LogP contribution in [-0.4, -0.2) is 37.9 Å². The minimum Gasteiger partial charge on any atom is -0.466 e. The summed E-state index contributed by atoms with van der Waals surface area (Å²) in [5.41, 5.74) is 1.64. The predicted molar refractivity (Wildman–Crippen MR) is 131 cm³/mol. The van der Waals surface area contributed by atoms with Crippen LogP contribution in [0, 0.1) is 0 Å². The second kappa shape index (κ2) is 13.4. The highest BCUT2D eigenvalue weighted by Gasteiger charge is 2.15. The molecule has 0 radical (unpaired) electrons. The maximum Gasteiger partial charge on any atom is 0.305 e. The molecule has 11 heteroatoms. The van der Waals surface area contributed by atoms with Crippen molar-refractivity contribution in [1.29, 1.82) is 0 Å². The van der Waals surface area contributed by atoms with E-state index in [1.54, 1.807) is 0 Å². The third kappa shape index (κ3) is 10.1. The Morgan fingerprint density at radius 2 is 1.62 bits per heavy atom. The Kier molecular flexibility index (Phi) is 10.6. The van der Waals surface area contributed by atoms with Gasteiger partial charge in [0.25, 0.3) is 10.0 Å². The molecule has 0 saturated heterocycles. The molecule has 0 heterocycles. The fraction of sp³-hybridized carbons (Fsp3) is 0.304. The average Bonchev–Trinajstić information content (AvgIpc) is 2.77. The summed E-state index contributed by atoms with van der Waals surface area (Å²) in [7, 11) is -3.93. The number of hydrogen-bond acceptors (Lipinski definition) is 7. The number of nitrogens with one attached hydrogen (secondary N) is 3. The van der Waals surface area contributed by atoms with E-state index in [0.717, 1.165) is 19.8 Å². The number of rotatable bonds is 11. The Morgan fingerprint density at radius 1 is 0.941 bits per heavy atom. The lowest BCUT2D eigenvalue weighted by Gasteiger charge is -2.10. The molecule has 0 atom stereocenters. The number of aryl methyl sites for hydroxylation is 1. The van der Waals surface area contributed by atoms with E-state index in [0.29, 0.717) is 18.7 Å². The standard InChI is InChI=1S/C23H27N3O6S2/c1-17(27)26-34(30,31)20-14-12-19(13-15-20)24-23(33)25-21(28)10-5-11-22(29)32-16-6-9-18-7-3-2-4-8-18/h2-4,7-8,12-15H,5-6,9-11,16H2,1H3,(H,26,27)(H2,24,25,28,33). The maximum atomic E-state index is 12.0. The average molecular weight is 506 g/mol. The first-order valence-corrected chi connectivity index (χ1v) is 12.5. The minimum absolute atomic E-state index is 0.0333. The molecule has 0 bridgehead atoms. The van der Waals surface area contributed by atoms with E-state index in [-0.39, 0.29) is 34.7 Å². The molecule has 2 rings (SSSR count). The number of hydrogen-bond donors (Lipinski definition) is 3. The SMILES string of the molecule is CC(=O)NS(=O)(=O)c1ccc(NC(=S)NC(=O)CCCC(=O)OCCCc2ccccc2)cc1. The summed E-state index contributed by atoms with van der Waals surface area (Å²) in [6.45, 7) is 1.43. The molecule has 0 aliphatic carbocycles. The molecule has 0 aliphatic heterocycles. The van der Waals surface area contributed by atoms with Gasteiger partial charge in [-0.1, -0.05) is 30.3 Å². The number of amides is 2. The van der Waals surface area contributed by atoms with Gasteiger partial charge in [-0.15, -0.1) is 0 Å². The molecule has 0 spiro atoms. The number of anilines is 1. The summed E-state index contributed by atoms with van der Waals surface area (Å²) in [6.07, 6.45) is 2.10. The molecule has 2 aromatic rings. The van der Waals surface area contributed by atoms with Crippen LogP contribution in [0.2, 0.25) is 0 Å². The number of esters is 1. The molecule has 0 saturated carbocycles. The third-order valence-corrected chi connectivity index (χ3v) is 6.11. The zero-order chi connectivity index (χ0) is 25.0. The Balaban J connectivity index is 1.63. The lowest BCUT2D eigenvalue weighted by molar-refractivity contribution is -0.143. The first-order chi connectivity index (χ1) is 16.2. The topological polar surface area (TPSA) is 131 Å². The first kappa shape index (κ1) is 26.9. The highest BCUT2D eigenvalue weighted by atomic mass is 32.2. The third-order valence-electron chi connectivity index (χ3n) is 4.45. The van der Waals surface area contributed by atoms with Crippen LogP contribution in [0.25, 0.3) is 0 Å². The van der Waals surface area contributed by atoms with Crippen molar-refractivity contribution in [3.05, 3.63) is 60.2 Å². The van der Waals surface area contributed by atoms with Gasteiger partial charge in [0.1, 0.15) is 0 Å². The molecule has 182 valence electrons. The van der Waals surface area contributed by atoms with Gasteiger partial charge in [-0.25, -0.2) is 13.1 Å². The highest BCUT2D eigenvalue weighted by Crippen LogP contribution is 2.14. The first-order valence-electron chi connectivity index (χ1n) is 10.6. The summed E-state index contributed by atoms with van der Waals surface area (Å²) in [5, 5.41) is 5.30. The van der Waals surface area contributed by atoms with Crippen molar-refractivity contribution < 1.29 is 27.5 Å². The summed E-state index contributed by atoms with van der Waals surface area (Å²) >= 11 is 5.08. The van der Waals surface area contributed by atoms with Crippen LogP contribution in [0.5, 0.6) is 0 Å². The van der Waals surface area contributed by atoms with Crippen molar-refractivity contribution in [2.75, 3.05) is 11.9 Å². The van der Waals surface area contributed by atoms with E-state index >= 15 is 0 Å². The van der Waals surface area contributed by atoms with E-state index in [4.69, 9.17) is 17.0 Å². The number of ether oxygens (including phenoxy) is 1. The molecular formula is C23H27N3O6S2. The van der Waals surface area contributed by atoms with E-state index in [9.17, 15) is 22.8 Å². The van der Waals surface area contributed by atoms with Crippen molar-refractivity contribution in [2.45, 2.75) is 43.9 Å². The zero-order valence-corrected chi connectivity index (χ0v) is 20.3. The van der Waals surface area contributed by atoms with Gasteiger partial charge in [-0.2, -0.15) is 0 Å². The van der Waals surface area contributed by atoms with Crippen LogP contribution >= 0.6 is 12.2 Å². The summed E-state index contributed by atoms with van der Waals surface area (Å²) in [5.74, 6) is -1.41. The van der Waals surface area contributed by atoms with Crippen LogP contribution in [0.15, 0.2) is 59.5 Å². The molecule has 3 N–H and O–H groups in total. The number of thiocarbonyl (C=S) groups is 1. The van der Waals surface area contributed by atoms with Gasteiger partial charge in [-0.3, -0.25) is 14.4 Å². The van der Waals surface area contributed by atoms with Gasteiger partial charge in [-0.05, 0) is 61.3 Å². The predicted octanol–water partition coefficient (Wildman–Crippen LogP) is 2.67. The van der Waals surface area contributed by atoms with Crippen molar-refractivity contribution >= 4 is 50.8 Å². The van der Waals surface area contributed by atoms with Crippen LogP contribution in [-0.2, 0) is 35.6 Å². The van der Waals surface area contributed by atoms with Crippen LogP contribution in [0.1, 0.15) is 38.2 Å². The Bertz CT molecular complexity index is 1100. The summed E-state index contributed by atoms with van der Waals surface area (Å²) < 4.78 is 30.9. The number of carbonyl (C=O) groups excluding carboxylic acids is 3. The van der Waals surface area contributed by atoms with E-state index in [1.165, 1.54) is 29.8 Å². The van der Waals surface area contributed by atoms with Crippen LogP contribution < -0.4 is 15.4 Å². The number of carbonyl (C=O) groups is 3. The largest absolute Gasteiger partial charge is 0.466 e. The molecular weight excluding hydrogens is 478 g/mol. The van der Waals surface area contributed by atoms with Crippen molar-refractivity contribution in [2.24, 2.45) is 0 Å². The Hall–Kier alpha value is -3.31. The summed E-state index contributed by atoms with van der Waals surface area (Å²) in [4.78, 5) is 34.7. The second-order valence-electron chi connectivity index (χ2n) is 7.35. The number of sulfonamides is 1. The zero-order valence-electron chi connectivity index (χ0n) is 18.7. The lowest BCUT2D eigenvalue weighted by Crippen LogP contribution is -2.34. The minimum atomic E-state index is -3.93. The van der Waals surface area contributed by atoms with Crippen molar-refractivity contribution in [3.8, 4) is 0 Å². The fourth-order valence-electron chi connectivity index (χ4n) is 2.89. The van der Waals surface area contributed by atoms with Gasteiger partial charge < -0.3 is 15.4 Å². The van der Waals surface area contributed by atoms with Crippen LogP contribution in [0.3, 0.4) is 0 Å².